The van der Waals surface area contributed by atoms with Crippen molar-refractivity contribution in [1.82, 2.24) is 24.5 Å². The summed E-state index contributed by atoms with van der Waals surface area (Å²) >= 11 is 0. The summed E-state index contributed by atoms with van der Waals surface area (Å²) in [6.45, 7) is 5.26. The van der Waals surface area contributed by atoms with Crippen LogP contribution in [0.5, 0.6) is 0 Å². The average Bonchev–Trinajstić information content (AvgIpc) is 3.17. The number of aryl methyl sites for hydroxylation is 1. The first-order chi connectivity index (χ1) is 10.8. The van der Waals surface area contributed by atoms with E-state index in [0.29, 0.717) is 5.92 Å². The number of fused-ring (bicyclic) bond motifs is 1. The number of aromatic amines is 1. The molecular formula is C17H21N5. The molecule has 0 saturated carbocycles. The van der Waals surface area contributed by atoms with Crippen molar-refractivity contribution in [2.75, 3.05) is 13.1 Å². The summed E-state index contributed by atoms with van der Waals surface area (Å²) in [6, 6.07) is 6.28. The molecule has 5 nitrogen and oxygen atoms in total. The van der Waals surface area contributed by atoms with Crippen molar-refractivity contribution in [2.24, 2.45) is 0 Å². The van der Waals surface area contributed by atoms with Gasteiger partial charge in [0.2, 0.25) is 0 Å². The maximum atomic E-state index is 4.80. The summed E-state index contributed by atoms with van der Waals surface area (Å²) in [4.78, 5) is 7.30. The minimum absolute atomic E-state index is 0.565. The van der Waals surface area contributed by atoms with Gasteiger partial charge in [-0.25, -0.2) is 4.98 Å². The van der Waals surface area contributed by atoms with Crippen LogP contribution < -0.4 is 0 Å². The Morgan fingerprint density at radius 1 is 1.36 bits per heavy atom. The maximum Gasteiger partial charge on any atom is 0.139 e. The number of hydrogen-bond acceptors (Lipinski definition) is 3. The first kappa shape index (κ1) is 13.5. The Hall–Kier alpha value is -2.14. The lowest BCUT2D eigenvalue weighted by atomic mass is 9.95. The molecule has 0 radical (unpaired) electrons. The number of pyridine rings is 1. The van der Waals surface area contributed by atoms with E-state index in [4.69, 9.17) is 4.98 Å². The predicted molar refractivity (Wildman–Crippen MR) is 85.8 cm³/mol. The number of H-pyrrole nitrogens is 1. The van der Waals surface area contributed by atoms with E-state index in [2.05, 4.69) is 57.0 Å². The SMILES string of the molecule is Cc1cccn2cc(CN3CCCC(c4ccn[nH]4)C3)nc12. The molecule has 4 heterocycles. The Balaban J connectivity index is 1.51. The molecular weight excluding hydrogens is 274 g/mol. The molecule has 1 fully saturated rings. The van der Waals surface area contributed by atoms with E-state index in [0.717, 1.165) is 31.0 Å². The van der Waals surface area contributed by atoms with Crippen LogP contribution in [-0.2, 0) is 6.54 Å². The van der Waals surface area contributed by atoms with Crippen molar-refractivity contribution < 1.29 is 0 Å². The Morgan fingerprint density at radius 2 is 2.32 bits per heavy atom. The smallest absolute Gasteiger partial charge is 0.139 e. The van der Waals surface area contributed by atoms with Crippen molar-refractivity contribution in [3.63, 3.8) is 0 Å². The number of nitrogens with one attached hydrogen (secondary N) is 1. The van der Waals surface area contributed by atoms with E-state index in [1.165, 1.54) is 24.1 Å². The van der Waals surface area contributed by atoms with Crippen molar-refractivity contribution in [1.29, 1.82) is 0 Å². The highest BCUT2D eigenvalue weighted by Gasteiger charge is 2.22. The molecule has 0 amide bonds. The van der Waals surface area contributed by atoms with Crippen LogP contribution in [0.3, 0.4) is 0 Å². The molecule has 1 atom stereocenters. The van der Waals surface area contributed by atoms with Crippen LogP contribution >= 0.6 is 0 Å². The summed E-state index contributed by atoms with van der Waals surface area (Å²) in [5, 5.41) is 7.21. The first-order valence-corrected chi connectivity index (χ1v) is 7.94. The number of imidazole rings is 1. The lowest BCUT2D eigenvalue weighted by Crippen LogP contribution is -2.34. The Morgan fingerprint density at radius 3 is 3.14 bits per heavy atom. The largest absolute Gasteiger partial charge is 0.307 e. The van der Waals surface area contributed by atoms with Crippen LogP contribution in [0.2, 0.25) is 0 Å². The molecule has 1 saturated heterocycles. The molecule has 4 rings (SSSR count). The topological polar surface area (TPSA) is 49.2 Å². The summed E-state index contributed by atoms with van der Waals surface area (Å²) in [5.41, 5.74) is 4.71. The fourth-order valence-electron chi connectivity index (χ4n) is 3.46. The molecule has 0 bridgehead atoms. The fraction of sp³-hybridized carbons (Fsp3) is 0.412. The highest BCUT2D eigenvalue weighted by molar-refractivity contribution is 5.47. The van der Waals surface area contributed by atoms with Gasteiger partial charge in [-0.1, -0.05) is 6.07 Å². The molecule has 1 N–H and O–H groups in total. The molecule has 114 valence electrons. The molecule has 0 aliphatic carbocycles. The van der Waals surface area contributed by atoms with E-state index >= 15 is 0 Å². The number of piperidine rings is 1. The highest BCUT2D eigenvalue weighted by Crippen LogP contribution is 2.26. The van der Waals surface area contributed by atoms with Gasteiger partial charge in [0.05, 0.1) is 5.69 Å². The number of hydrogen-bond donors (Lipinski definition) is 1. The fourth-order valence-corrected chi connectivity index (χ4v) is 3.46. The van der Waals surface area contributed by atoms with E-state index in [1.54, 1.807) is 0 Å². The van der Waals surface area contributed by atoms with Gasteiger partial charge in [0.15, 0.2) is 0 Å². The first-order valence-electron chi connectivity index (χ1n) is 7.94. The standard InChI is InChI=1S/C17H21N5/c1-13-4-2-9-22-12-15(19-17(13)22)11-21-8-3-5-14(10-21)16-6-7-18-20-16/h2,4,6-7,9,12,14H,3,5,8,10-11H2,1H3,(H,18,20). The number of likely N-dealkylation sites (tertiary alicyclic amines) is 1. The normalized spacial score (nSPS) is 19.8. The Kier molecular flexibility index (Phi) is 3.42. The van der Waals surface area contributed by atoms with Crippen LogP contribution in [0.4, 0.5) is 0 Å². The van der Waals surface area contributed by atoms with Gasteiger partial charge in [0.25, 0.3) is 0 Å². The highest BCUT2D eigenvalue weighted by atomic mass is 15.2. The monoisotopic (exact) mass is 295 g/mol. The van der Waals surface area contributed by atoms with Gasteiger partial charge in [-0.05, 0) is 44.0 Å². The molecule has 1 aliphatic rings. The molecule has 3 aromatic rings. The zero-order valence-electron chi connectivity index (χ0n) is 12.9. The van der Waals surface area contributed by atoms with Gasteiger partial charge >= 0.3 is 0 Å². The molecule has 5 heteroatoms. The van der Waals surface area contributed by atoms with Gasteiger partial charge in [-0.3, -0.25) is 10.00 Å². The summed E-state index contributed by atoms with van der Waals surface area (Å²) < 4.78 is 2.13. The molecule has 1 aliphatic heterocycles. The summed E-state index contributed by atoms with van der Waals surface area (Å²) in [6.07, 6.45) is 8.54. The Labute approximate surface area is 130 Å². The molecule has 3 aromatic heterocycles. The Bertz CT molecular complexity index is 759. The molecule has 22 heavy (non-hydrogen) atoms. The van der Waals surface area contributed by atoms with Crippen LogP contribution in [0, 0.1) is 6.92 Å². The van der Waals surface area contributed by atoms with Gasteiger partial charge in [-0.2, -0.15) is 5.10 Å². The maximum absolute atomic E-state index is 4.80. The van der Waals surface area contributed by atoms with Crippen molar-refractivity contribution in [2.45, 2.75) is 32.2 Å². The number of rotatable bonds is 3. The second-order valence-electron chi connectivity index (χ2n) is 6.24. The van der Waals surface area contributed by atoms with E-state index in [9.17, 15) is 0 Å². The molecule has 0 aromatic carbocycles. The third-order valence-electron chi connectivity index (χ3n) is 4.58. The lowest BCUT2D eigenvalue weighted by molar-refractivity contribution is 0.196. The van der Waals surface area contributed by atoms with Gasteiger partial charge in [0, 0.05) is 43.3 Å². The molecule has 1 unspecified atom stereocenters. The molecule has 0 spiro atoms. The van der Waals surface area contributed by atoms with Crippen molar-refractivity contribution in [3.8, 4) is 0 Å². The van der Waals surface area contributed by atoms with Crippen LogP contribution in [0.15, 0.2) is 36.8 Å². The minimum atomic E-state index is 0.565. The predicted octanol–water partition coefficient (Wildman–Crippen LogP) is 2.75. The minimum Gasteiger partial charge on any atom is -0.307 e. The van der Waals surface area contributed by atoms with E-state index < -0.39 is 0 Å². The zero-order valence-corrected chi connectivity index (χ0v) is 12.9. The van der Waals surface area contributed by atoms with Gasteiger partial charge in [0.1, 0.15) is 5.65 Å². The van der Waals surface area contributed by atoms with E-state index in [-0.39, 0.29) is 0 Å². The second kappa shape index (κ2) is 5.57. The number of aromatic nitrogens is 4. The quantitative estimate of drug-likeness (QED) is 0.808. The van der Waals surface area contributed by atoms with Gasteiger partial charge in [-0.15, -0.1) is 0 Å². The third kappa shape index (κ3) is 2.52. The lowest BCUT2D eigenvalue weighted by Gasteiger charge is -2.31. The summed E-state index contributed by atoms with van der Waals surface area (Å²) in [7, 11) is 0. The van der Waals surface area contributed by atoms with Crippen LogP contribution in [0.1, 0.15) is 35.7 Å². The van der Waals surface area contributed by atoms with Crippen LogP contribution in [0.25, 0.3) is 5.65 Å². The van der Waals surface area contributed by atoms with Gasteiger partial charge < -0.3 is 4.40 Å². The number of nitrogens with zero attached hydrogens (tertiary/aromatic N) is 4. The van der Waals surface area contributed by atoms with E-state index in [1.807, 2.05) is 6.20 Å². The summed E-state index contributed by atoms with van der Waals surface area (Å²) in [5.74, 6) is 0.565. The van der Waals surface area contributed by atoms with Crippen molar-refractivity contribution >= 4 is 5.65 Å². The van der Waals surface area contributed by atoms with Crippen LogP contribution in [-0.4, -0.2) is 37.6 Å². The zero-order chi connectivity index (χ0) is 14.9. The van der Waals surface area contributed by atoms with Crippen molar-refractivity contribution in [3.05, 3.63) is 53.7 Å². The third-order valence-corrected chi connectivity index (χ3v) is 4.58. The average molecular weight is 295 g/mol. The second-order valence-corrected chi connectivity index (χ2v) is 6.24.